The Morgan fingerprint density at radius 1 is 1.09 bits per heavy atom. The highest BCUT2D eigenvalue weighted by Gasteiger charge is 2.41. The molecule has 1 aromatic carbocycles. The number of likely N-dealkylation sites (tertiary alicyclic amines) is 1. The molecule has 0 radical (unpaired) electrons. The molecule has 1 atom stereocenters. The Labute approximate surface area is 188 Å². The number of aromatic nitrogens is 2. The molecule has 1 aromatic heterocycles. The first-order valence-corrected chi connectivity index (χ1v) is 11.7. The summed E-state index contributed by atoms with van der Waals surface area (Å²) in [6, 6.07) is 8.25. The number of hydrazone groups is 1. The van der Waals surface area contributed by atoms with E-state index in [4.69, 9.17) is 5.10 Å². The van der Waals surface area contributed by atoms with Crippen LogP contribution in [0.1, 0.15) is 61.3 Å². The number of rotatable bonds is 5. The minimum Gasteiger partial charge on any atom is -0.340 e. The number of hydrogen-bond acceptors (Lipinski definition) is 5. The molecule has 3 heterocycles. The van der Waals surface area contributed by atoms with Gasteiger partial charge >= 0.3 is 0 Å². The Balaban J connectivity index is 1.38. The van der Waals surface area contributed by atoms with Crippen molar-refractivity contribution in [3.8, 4) is 0 Å². The third-order valence-electron chi connectivity index (χ3n) is 6.98. The Morgan fingerprint density at radius 3 is 2.53 bits per heavy atom. The number of nitrogens with zero attached hydrogens (tertiary/aromatic N) is 5. The first-order valence-electron chi connectivity index (χ1n) is 11.7. The summed E-state index contributed by atoms with van der Waals surface area (Å²) in [5.41, 5.74) is 4.09. The predicted octanol–water partition coefficient (Wildman–Crippen LogP) is 4.24. The second-order valence-electron chi connectivity index (χ2n) is 9.35. The number of halogens is 1. The van der Waals surface area contributed by atoms with Crippen LogP contribution in [0.5, 0.6) is 0 Å². The van der Waals surface area contributed by atoms with Gasteiger partial charge in [-0.1, -0.05) is 43.5 Å². The number of alkyl halides is 1. The zero-order valence-electron chi connectivity index (χ0n) is 18.6. The molecule has 7 heteroatoms. The van der Waals surface area contributed by atoms with Gasteiger partial charge in [-0.05, 0) is 36.8 Å². The van der Waals surface area contributed by atoms with Crippen LogP contribution in [-0.4, -0.2) is 52.3 Å². The van der Waals surface area contributed by atoms with Crippen molar-refractivity contribution in [1.82, 2.24) is 14.9 Å². The van der Waals surface area contributed by atoms with Gasteiger partial charge in [0.2, 0.25) is 5.91 Å². The first kappa shape index (κ1) is 21.0. The largest absolute Gasteiger partial charge is 0.340 e. The van der Waals surface area contributed by atoms with Gasteiger partial charge in [0, 0.05) is 31.6 Å². The standard InChI is InChI=1S/C25H30FN5O/c1-17-13-27-14-24(28-17)31-23(25(32)30-15-18(12-26)16-30)11-22(29-31)21-9-7-20(8-10-21)19-5-3-2-4-6-19/h7-10,13-14,18-19,23H,2-6,11-12,15-16H2,1H3. The van der Waals surface area contributed by atoms with Crippen LogP contribution in [0.3, 0.4) is 0 Å². The monoisotopic (exact) mass is 435 g/mol. The smallest absolute Gasteiger partial charge is 0.247 e. The van der Waals surface area contributed by atoms with Crippen LogP contribution in [0.15, 0.2) is 41.8 Å². The average molecular weight is 436 g/mol. The fraction of sp³-hybridized carbons (Fsp3) is 0.520. The molecule has 1 saturated carbocycles. The van der Waals surface area contributed by atoms with Crippen LogP contribution in [0.2, 0.25) is 0 Å². The molecule has 2 fully saturated rings. The molecule has 1 saturated heterocycles. The van der Waals surface area contributed by atoms with E-state index >= 15 is 0 Å². The summed E-state index contributed by atoms with van der Waals surface area (Å²) in [7, 11) is 0. The molecular weight excluding hydrogens is 405 g/mol. The topological polar surface area (TPSA) is 61.7 Å². The van der Waals surface area contributed by atoms with Crippen molar-refractivity contribution in [2.24, 2.45) is 11.0 Å². The normalized spacial score (nSPS) is 22.1. The van der Waals surface area contributed by atoms with E-state index in [0.717, 1.165) is 17.0 Å². The zero-order chi connectivity index (χ0) is 22.1. The van der Waals surface area contributed by atoms with E-state index in [9.17, 15) is 9.18 Å². The third-order valence-corrected chi connectivity index (χ3v) is 6.98. The van der Waals surface area contributed by atoms with E-state index in [-0.39, 0.29) is 18.5 Å². The Hall–Kier alpha value is -2.83. The van der Waals surface area contributed by atoms with Crippen molar-refractivity contribution in [3.05, 3.63) is 53.5 Å². The fourth-order valence-electron chi connectivity index (χ4n) is 5.09. The van der Waals surface area contributed by atoms with Crippen molar-refractivity contribution in [3.63, 3.8) is 0 Å². The van der Waals surface area contributed by atoms with Gasteiger partial charge in [-0.2, -0.15) is 5.10 Å². The summed E-state index contributed by atoms with van der Waals surface area (Å²) in [4.78, 5) is 23.8. The second-order valence-corrected chi connectivity index (χ2v) is 9.35. The van der Waals surface area contributed by atoms with Gasteiger partial charge in [0.25, 0.3) is 0 Å². The number of benzene rings is 1. The quantitative estimate of drug-likeness (QED) is 0.705. The highest BCUT2D eigenvalue weighted by molar-refractivity contribution is 6.07. The minimum absolute atomic E-state index is 0.0180. The molecule has 168 valence electrons. The molecule has 1 amide bonds. The molecular formula is C25H30FN5O. The molecule has 0 spiro atoms. The number of anilines is 1. The molecule has 6 nitrogen and oxygen atoms in total. The van der Waals surface area contributed by atoms with Crippen molar-refractivity contribution >= 4 is 17.4 Å². The van der Waals surface area contributed by atoms with Crippen LogP contribution >= 0.6 is 0 Å². The lowest BCUT2D eigenvalue weighted by molar-refractivity contribution is -0.139. The average Bonchev–Trinajstić information content (AvgIpc) is 3.25. The Morgan fingerprint density at radius 2 is 1.84 bits per heavy atom. The second kappa shape index (κ2) is 8.96. The SMILES string of the molecule is Cc1cncc(N2N=C(c3ccc(C4CCCCC4)cc3)CC2C(=O)N2CC(CF)C2)n1. The minimum atomic E-state index is -0.473. The van der Waals surface area contributed by atoms with Gasteiger partial charge in [0.05, 0.1) is 24.3 Å². The van der Waals surface area contributed by atoms with Crippen LogP contribution in [0, 0.1) is 12.8 Å². The molecule has 32 heavy (non-hydrogen) atoms. The molecule has 3 aliphatic rings. The number of hydrogen-bond donors (Lipinski definition) is 0. The maximum atomic E-state index is 13.2. The number of aryl methyl sites for hydroxylation is 1. The fourth-order valence-corrected chi connectivity index (χ4v) is 5.09. The maximum absolute atomic E-state index is 13.2. The lowest BCUT2D eigenvalue weighted by Gasteiger charge is -2.40. The number of amides is 1. The van der Waals surface area contributed by atoms with Gasteiger partial charge < -0.3 is 4.90 Å². The molecule has 0 bridgehead atoms. The molecule has 0 N–H and O–H groups in total. The molecule has 1 unspecified atom stereocenters. The lowest BCUT2D eigenvalue weighted by atomic mass is 9.84. The first-order chi connectivity index (χ1) is 15.6. The number of carbonyl (C=O) groups is 1. The van der Waals surface area contributed by atoms with Crippen LogP contribution in [-0.2, 0) is 4.79 Å². The van der Waals surface area contributed by atoms with Gasteiger partial charge in [0.1, 0.15) is 6.04 Å². The van der Waals surface area contributed by atoms with E-state index in [0.29, 0.717) is 31.2 Å². The van der Waals surface area contributed by atoms with Crippen LogP contribution in [0.25, 0.3) is 0 Å². The summed E-state index contributed by atoms with van der Waals surface area (Å²) in [5.74, 6) is 1.17. The zero-order valence-corrected chi connectivity index (χ0v) is 18.6. The molecule has 5 rings (SSSR count). The molecule has 2 aromatic rings. The van der Waals surface area contributed by atoms with E-state index in [2.05, 4.69) is 34.2 Å². The van der Waals surface area contributed by atoms with Gasteiger partial charge in [-0.3, -0.25) is 14.2 Å². The van der Waals surface area contributed by atoms with Crippen molar-refractivity contribution in [2.45, 2.75) is 57.4 Å². The van der Waals surface area contributed by atoms with Crippen LogP contribution < -0.4 is 5.01 Å². The van der Waals surface area contributed by atoms with Crippen LogP contribution in [0.4, 0.5) is 10.2 Å². The van der Waals surface area contributed by atoms with E-state index in [1.807, 2.05) is 6.92 Å². The van der Waals surface area contributed by atoms with Gasteiger partial charge in [0.15, 0.2) is 5.82 Å². The van der Waals surface area contributed by atoms with Gasteiger partial charge in [-0.15, -0.1) is 0 Å². The lowest BCUT2D eigenvalue weighted by Crippen LogP contribution is -2.56. The summed E-state index contributed by atoms with van der Waals surface area (Å²) in [5, 5.41) is 6.52. The van der Waals surface area contributed by atoms with Crippen molar-refractivity contribution in [2.75, 3.05) is 24.8 Å². The summed E-state index contributed by atoms with van der Waals surface area (Å²) in [6.07, 6.45) is 10.4. The summed E-state index contributed by atoms with van der Waals surface area (Å²) < 4.78 is 12.9. The maximum Gasteiger partial charge on any atom is 0.247 e. The molecule has 1 aliphatic carbocycles. The predicted molar refractivity (Wildman–Crippen MR) is 123 cm³/mol. The Kier molecular flexibility index (Phi) is 5.89. The van der Waals surface area contributed by atoms with Crippen molar-refractivity contribution < 1.29 is 9.18 Å². The summed E-state index contributed by atoms with van der Waals surface area (Å²) in [6.45, 7) is 2.45. The number of carbonyl (C=O) groups excluding carboxylic acids is 1. The summed E-state index contributed by atoms with van der Waals surface area (Å²) >= 11 is 0. The highest BCUT2D eigenvalue weighted by atomic mass is 19.1. The van der Waals surface area contributed by atoms with Gasteiger partial charge in [-0.25, -0.2) is 9.99 Å². The van der Waals surface area contributed by atoms with Crippen molar-refractivity contribution in [1.29, 1.82) is 0 Å². The molecule has 2 aliphatic heterocycles. The van der Waals surface area contributed by atoms with E-state index < -0.39 is 6.04 Å². The van der Waals surface area contributed by atoms with E-state index in [1.54, 1.807) is 22.3 Å². The third kappa shape index (κ3) is 4.12. The van der Waals surface area contributed by atoms with E-state index in [1.165, 1.54) is 37.7 Å². The highest BCUT2D eigenvalue weighted by Crippen LogP contribution is 2.33. The Bertz CT molecular complexity index is 996.